The molecule has 0 bridgehead atoms. The number of carboxylic acids is 2. The van der Waals surface area contributed by atoms with E-state index in [1.165, 1.54) is 0 Å². The maximum atomic E-state index is 9.77. The van der Waals surface area contributed by atoms with Crippen LogP contribution in [-0.4, -0.2) is 96.0 Å². The van der Waals surface area contributed by atoms with Crippen molar-refractivity contribution in [1.82, 2.24) is 0 Å². The summed E-state index contributed by atoms with van der Waals surface area (Å²) in [5.41, 5.74) is 0. The normalized spacial score (nSPS) is 10.5. The third-order valence-corrected chi connectivity index (χ3v) is 0.805. The van der Waals surface area contributed by atoms with Crippen LogP contribution in [-0.2, 0) is 9.59 Å². The fourth-order valence-corrected chi connectivity index (χ4v) is 0.270. The summed E-state index contributed by atoms with van der Waals surface area (Å²) < 4.78 is 0. The van der Waals surface area contributed by atoms with Gasteiger partial charge in [-0.05, 0) is 0 Å². The molecule has 0 aliphatic carbocycles. The number of aliphatic hydroxyl groups is 2. The van der Waals surface area contributed by atoms with E-state index in [0.29, 0.717) is 0 Å². The predicted octanol–water partition coefficient (Wildman–Crippen LogP) is -6.07. The van der Waals surface area contributed by atoms with Crippen LogP contribution < -0.4 is 0 Å². The molecule has 0 rings (SSSR count). The summed E-state index contributed by atoms with van der Waals surface area (Å²) in [6.45, 7) is 0. The minimum absolute atomic E-state index is 0. The molecule has 2 atom stereocenters. The number of rotatable bonds is 3. The van der Waals surface area contributed by atoms with Crippen LogP contribution in [0.1, 0.15) is 0 Å². The molecule has 0 saturated carbocycles. The summed E-state index contributed by atoms with van der Waals surface area (Å²) in [6.07, 6.45) is -4.53. The molecule has 0 aromatic heterocycles. The van der Waals surface area contributed by atoms with Gasteiger partial charge in [0.1, 0.15) is 0 Å². The first-order valence-electron chi connectivity index (χ1n) is 2.28. The van der Waals surface area contributed by atoms with Crippen molar-refractivity contribution in [3.05, 3.63) is 0 Å². The molecular formula is C4H15NaO10. The SMILES string of the molecule is O.O.O.O.O=C(O)C(O)C(O)C(=O)O.[NaH]. The second-order valence-corrected chi connectivity index (χ2v) is 1.57. The first-order valence-corrected chi connectivity index (χ1v) is 2.28. The molecule has 11 heteroatoms. The Bertz CT molecular complexity index is 142. The molecule has 92 valence electrons. The molecule has 0 fully saturated rings. The number of aliphatic hydroxyl groups excluding tert-OH is 2. The first kappa shape index (κ1) is 36.5. The van der Waals surface area contributed by atoms with Crippen molar-refractivity contribution in [3.8, 4) is 0 Å². The van der Waals surface area contributed by atoms with Gasteiger partial charge in [-0.25, -0.2) is 9.59 Å². The standard InChI is InChI=1S/C4H6O6.Na.4H2O.H/c5-1(3(7)8)2(6)4(9)10;;;;;;/h1-2,5-6H,(H,7,8)(H,9,10);;4*1H2;. The number of hydrogen-bond donors (Lipinski definition) is 4. The molecule has 0 aliphatic rings. The van der Waals surface area contributed by atoms with Crippen LogP contribution >= 0.6 is 0 Å². The molecule has 0 aromatic rings. The summed E-state index contributed by atoms with van der Waals surface area (Å²) in [6, 6.07) is 0. The molecule has 0 radical (unpaired) electrons. The average Bonchev–Trinajstić information content (AvgIpc) is 1.84. The van der Waals surface area contributed by atoms with Gasteiger partial charge in [-0.1, -0.05) is 0 Å². The fraction of sp³-hybridized carbons (Fsp3) is 0.500. The van der Waals surface area contributed by atoms with Gasteiger partial charge in [0, 0.05) is 0 Å². The molecule has 0 saturated heterocycles. The summed E-state index contributed by atoms with van der Waals surface area (Å²) in [4.78, 5) is 19.5. The minimum atomic E-state index is -2.27. The van der Waals surface area contributed by atoms with Crippen molar-refractivity contribution in [2.75, 3.05) is 0 Å². The summed E-state index contributed by atoms with van der Waals surface area (Å²) in [5.74, 6) is -3.54. The van der Waals surface area contributed by atoms with Crippen molar-refractivity contribution in [3.63, 3.8) is 0 Å². The van der Waals surface area contributed by atoms with Crippen LogP contribution in [0.25, 0.3) is 0 Å². The Labute approximate surface area is 106 Å². The van der Waals surface area contributed by atoms with E-state index >= 15 is 0 Å². The Balaban J connectivity index is -0.0000000405. The van der Waals surface area contributed by atoms with Gasteiger partial charge in [-0.3, -0.25) is 0 Å². The van der Waals surface area contributed by atoms with E-state index in [1.807, 2.05) is 0 Å². The van der Waals surface area contributed by atoms with Gasteiger partial charge in [-0.15, -0.1) is 0 Å². The van der Waals surface area contributed by atoms with Crippen molar-refractivity contribution in [2.45, 2.75) is 12.2 Å². The van der Waals surface area contributed by atoms with Crippen molar-refractivity contribution >= 4 is 41.5 Å². The molecule has 10 nitrogen and oxygen atoms in total. The van der Waals surface area contributed by atoms with Crippen molar-refractivity contribution in [2.24, 2.45) is 0 Å². The zero-order valence-electron chi connectivity index (χ0n) is 6.76. The third kappa shape index (κ3) is 13.7. The van der Waals surface area contributed by atoms with E-state index in [-0.39, 0.29) is 51.5 Å². The third-order valence-electron chi connectivity index (χ3n) is 0.805. The summed E-state index contributed by atoms with van der Waals surface area (Å²) in [5, 5.41) is 32.5. The van der Waals surface area contributed by atoms with E-state index in [1.54, 1.807) is 0 Å². The predicted molar refractivity (Wildman–Crippen MR) is 48.9 cm³/mol. The average molecular weight is 246 g/mol. The molecule has 2 unspecified atom stereocenters. The molecule has 15 heavy (non-hydrogen) atoms. The Kier molecular flexibility index (Phi) is 39.2. The van der Waals surface area contributed by atoms with Gasteiger partial charge in [0.05, 0.1) is 0 Å². The first-order chi connectivity index (χ1) is 4.46. The second-order valence-electron chi connectivity index (χ2n) is 1.57. The number of hydrogen-bond acceptors (Lipinski definition) is 4. The quantitative estimate of drug-likeness (QED) is 0.352. The van der Waals surface area contributed by atoms with Gasteiger partial charge in [0.15, 0.2) is 12.2 Å². The van der Waals surface area contributed by atoms with Crippen LogP contribution in [0.5, 0.6) is 0 Å². The topological polar surface area (TPSA) is 241 Å². The molecule has 12 N–H and O–H groups in total. The Morgan fingerprint density at radius 3 is 0.933 bits per heavy atom. The zero-order chi connectivity index (χ0) is 8.31. The molecule has 0 aliphatic heterocycles. The maximum absolute atomic E-state index is 9.77. The van der Waals surface area contributed by atoms with Crippen LogP contribution in [0.4, 0.5) is 0 Å². The molecule has 0 amide bonds. The van der Waals surface area contributed by atoms with E-state index < -0.39 is 24.1 Å². The number of carboxylic acid groups (broad SMARTS) is 2. The van der Waals surface area contributed by atoms with E-state index in [9.17, 15) is 9.59 Å². The van der Waals surface area contributed by atoms with Crippen molar-refractivity contribution < 1.29 is 51.9 Å². The van der Waals surface area contributed by atoms with Gasteiger partial charge >= 0.3 is 41.5 Å². The Morgan fingerprint density at radius 2 is 0.867 bits per heavy atom. The van der Waals surface area contributed by atoms with E-state index in [0.717, 1.165) is 0 Å². The monoisotopic (exact) mass is 246 g/mol. The molecular weight excluding hydrogens is 231 g/mol. The van der Waals surface area contributed by atoms with Crippen LogP contribution in [0, 0.1) is 0 Å². The molecule has 0 heterocycles. The van der Waals surface area contributed by atoms with E-state index in [2.05, 4.69) is 0 Å². The van der Waals surface area contributed by atoms with Crippen LogP contribution in [0.3, 0.4) is 0 Å². The Hall–Kier alpha value is -0.300. The number of carbonyl (C=O) groups is 2. The van der Waals surface area contributed by atoms with Gasteiger partial charge < -0.3 is 42.3 Å². The van der Waals surface area contributed by atoms with Crippen LogP contribution in [0.15, 0.2) is 0 Å². The fourth-order valence-electron chi connectivity index (χ4n) is 0.270. The Morgan fingerprint density at radius 1 is 0.733 bits per heavy atom. The summed E-state index contributed by atoms with van der Waals surface area (Å²) >= 11 is 0. The van der Waals surface area contributed by atoms with Crippen molar-refractivity contribution in [1.29, 1.82) is 0 Å². The molecule has 0 spiro atoms. The summed E-state index contributed by atoms with van der Waals surface area (Å²) in [7, 11) is 0. The van der Waals surface area contributed by atoms with Gasteiger partial charge in [0.2, 0.25) is 0 Å². The second kappa shape index (κ2) is 16.1. The van der Waals surface area contributed by atoms with Crippen LogP contribution in [0.2, 0.25) is 0 Å². The van der Waals surface area contributed by atoms with Gasteiger partial charge in [0.25, 0.3) is 0 Å². The molecule has 0 aromatic carbocycles. The van der Waals surface area contributed by atoms with E-state index in [4.69, 9.17) is 20.4 Å². The van der Waals surface area contributed by atoms with Gasteiger partial charge in [-0.2, -0.15) is 0 Å². The number of aliphatic carboxylic acids is 2. The zero-order valence-corrected chi connectivity index (χ0v) is 6.76.